The Morgan fingerprint density at radius 3 is 2.85 bits per heavy atom. The van der Waals surface area contributed by atoms with Gasteiger partial charge in [-0.1, -0.05) is 12.2 Å². The van der Waals surface area contributed by atoms with Crippen LogP contribution in [-0.4, -0.2) is 54.1 Å². The molecule has 1 aromatic carbocycles. The van der Waals surface area contributed by atoms with E-state index in [4.69, 9.17) is 14.6 Å². The Morgan fingerprint density at radius 1 is 1.38 bits per heavy atom. The lowest BCUT2D eigenvalue weighted by Crippen LogP contribution is -2.56. The van der Waals surface area contributed by atoms with Crippen molar-refractivity contribution in [3.8, 4) is 5.75 Å². The molecule has 1 saturated heterocycles. The van der Waals surface area contributed by atoms with Gasteiger partial charge in [-0.15, -0.1) is 0 Å². The fourth-order valence-corrected chi connectivity index (χ4v) is 3.15. The van der Waals surface area contributed by atoms with Crippen LogP contribution in [0.3, 0.4) is 0 Å². The minimum atomic E-state index is -1.46. The highest BCUT2D eigenvalue weighted by molar-refractivity contribution is 5.96. The SMILES string of the molecule is O=C(O)/C=C(\C(=O)O)C1(COc2ccc(F)c3c2CC=C3)CNCCO1. The predicted octanol–water partition coefficient (Wildman–Crippen LogP) is 1.23. The Morgan fingerprint density at radius 2 is 2.19 bits per heavy atom. The van der Waals surface area contributed by atoms with Gasteiger partial charge in [0.05, 0.1) is 12.2 Å². The van der Waals surface area contributed by atoms with Gasteiger partial charge in [0.2, 0.25) is 0 Å². The van der Waals surface area contributed by atoms with E-state index >= 15 is 0 Å². The van der Waals surface area contributed by atoms with Crippen LogP contribution in [0, 0.1) is 5.82 Å². The number of carbonyl (C=O) groups is 2. The van der Waals surface area contributed by atoms with Crippen LogP contribution < -0.4 is 10.1 Å². The molecule has 3 N–H and O–H groups in total. The molecule has 0 saturated carbocycles. The highest BCUT2D eigenvalue weighted by Crippen LogP contribution is 2.33. The molecule has 1 fully saturated rings. The lowest BCUT2D eigenvalue weighted by molar-refractivity contribution is -0.140. The molecule has 0 amide bonds. The molecule has 0 radical (unpaired) electrons. The van der Waals surface area contributed by atoms with Crippen LogP contribution in [-0.2, 0) is 20.7 Å². The van der Waals surface area contributed by atoms with Crippen LogP contribution in [0.1, 0.15) is 11.1 Å². The van der Waals surface area contributed by atoms with Crippen molar-refractivity contribution in [3.05, 3.63) is 46.8 Å². The van der Waals surface area contributed by atoms with Crippen molar-refractivity contribution in [2.24, 2.45) is 0 Å². The number of nitrogens with one attached hydrogen (secondary N) is 1. The summed E-state index contributed by atoms with van der Waals surface area (Å²) in [4.78, 5) is 22.7. The van der Waals surface area contributed by atoms with Crippen molar-refractivity contribution in [1.29, 1.82) is 0 Å². The van der Waals surface area contributed by atoms with E-state index < -0.39 is 23.1 Å². The molecule has 7 nitrogen and oxygen atoms in total. The van der Waals surface area contributed by atoms with Crippen LogP contribution in [0.25, 0.3) is 6.08 Å². The van der Waals surface area contributed by atoms with Gasteiger partial charge >= 0.3 is 11.9 Å². The summed E-state index contributed by atoms with van der Waals surface area (Å²) in [6, 6.07) is 2.76. The van der Waals surface area contributed by atoms with Gasteiger partial charge in [0, 0.05) is 30.3 Å². The van der Waals surface area contributed by atoms with Gasteiger partial charge in [0.25, 0.3) is 0 Å². The Kier molecular flexibility index (Phi) is 5.06. The van der Waals surface area contributed by atoms with Crippen LogP contribution >= 0.6 is 0 Å². The second-order valence-corrected chi connectivity index (χ2v) is 6.05. The monoisotopic (exact) mass is 363 g/mol. The fraction of sp³-hybridized carbons (Fsp3) is 0.333. The van der Waals surface area contributed by atoms with Crippen LogP contribution in [0.2, 0.25) is 0 Å². The van der Waals surface area contributed by atoms with Gasteiger partial charge in [0.1, 0.15) is 23.8 Å². The maximum Gasteiger partial charge on any atom is 0.334 e. The number of ether oxygens (including phenoxy) is 2. The van der Waals surface area contributed by atoms with Crippen molar-refractivity contribution in [2.75, 3.05) is 26.3 Å². The first-order valence-electron chi connectivity index (χ1n) is 8.07. The summed E-state index contributed by atoms with van der Waals surface area (Å²) in [6.45, 7) is 0.581. The third kappa shape index (κ3) is 3.47. The van der Waals surface area contributed by atoms with Gasteiger partial charge in [-0.05, 0) is 18.6 Å². The molecule has 1 unspecified atom stereocenters. The van der Waals surface area contributed by atoms with Gasteiger partial charge in [-0.2, -0.15) is 0 Å². The Bertz CT molecular complexity index is 795. The van der Waals surface area contributed by atoms with E-state index in [0.717, 1.165) is 0 Å². The largest absolute Gasteiger partial charge is 0.490 e. The second-order valence-electron chi connectivity index (χ2n) is 6.05. The zero-order valence-corrected chi connectivity index (χ0v) is 13.8. The molecule has 26 heavy (non-hydrogen) atoms. The number of aliphatic carboxylic acids is 2. The van der Waals surface area contributed by atoms with E-state index in [1.165, 1.54) is 12.1 Å². The van der Waals surface area contributed by atoms with E-state index in [2.05, 4.69) is 5.32 Å². The average molecular weight is 363 g/mol. The highest BCUT2D eigenvalue weighted by atomic mass is 19.1. The number of benzene rings is 1. The van der Waals surface area contributed by atoms with Gasteiger partial charge in [-0.25, -0.2) is 14.0 Å². The van der Waals surface area contributed by atoms with Crippen LogP contribution in [0.15, 0.2) is 29.9 Å². The number of rotatable bonds is 6. The Labute approximate surface area is 148 Å². The number of hydrogen-bond donors (Lipinski definition) is 3. The predicted molar refractivity (Wildman–Crippen MR) is 89.5 cm³/mol. The van der Waals surface area contributed by atoms with E-state index in [0.29, 0.717) is 35.9 Å². The summed E-state index contributed by atoms with van der Waals surface area (Å²) in [6.07, 6.45) is 4.60. The summed E-state index contributed by atoms with van der Waals surface area (Å²) in [7, 11) is 0. The number of carboxylic acid groups (broad SMARTS) is 2. The smallest absolute Gasteiger partial charge is 0.334 e. The van der Waals surface area contributed by atoms with E-state index in [1.54, 1.807) is 6.08 Å². The molecular weight excluding hydrogens is 345 g/mol. The first-order valence-corrected chi connectivity index (χ1v) is 8.07. The molecule has 0 spiro atoms. The maximum absolute atomic E-state index is 13.8. The third-order valence-corrected chi connectivity index (χ3v) is 4.39. The summed E-state index contributed by atoms with van der Waals surface area (Å²) in [5.74, 6) is -2.73. The summed E-state index contributed by atoms with van der Waals surface area (Å²) in [5, 5.41) is 21.5. The summed E-state index contributed by atoms with van der Waals surface area (Å²) < 4.78 is 25.3. The number of fused-ring (bicyclic) bond motifs is 1. The quantitative estimate of drug-likeness (QED) is 0.653. The van der Waals surface area contributed by atoms with E-state index in [1.807, 2.05) is 6.08 Å². The van der Waals surface area contributed by atoms with Gasteiger partial charge < -0.3 is 25.0 Å². The van der Waals surface area contributed by atoms with Crippen LogP contribution in [0.4, 0.5) is 4.39 Å². The molecule has 0 bridgehead atoms. The van der Waals surface area contributed by atoms with E-state index in [9.17, 15) is 19.1 Å². The van der Waals surface area contributed by atoms with Crippen molar-refractivity contribution in [2.45, 2.75) is 12.0 Å². The standard InChI is InChI=1S/C18H18FNO6/c19-14-4-5-15(12-3-1-2-11(12)14)25-10-18(9-20-6-7-26-18)13(17(23)24)8-16(21)22/h1-2,4-5,8,20H,3,6-7,9-10H2,(H,21,22)(H,23,24)/b13-8+. The second kappa shape index (κ2) is 7.27. The van der Waals surface area contributed by atoms with E-state index in [-0.39, 0.29) is 25.6 Å². The molecule has 1 aliphatic carbocycles. The van der Waals surface area contributed by atoms with Gasteiger partial charge in [-0.3, -0.25) is 0 Å². The summed E-state index contributed by atoms with van der Waals surface area (Å²) in [5.41, 5.74) is -0.758. The fourth-order valence-electron chi connectivity index (χ4n) is 3.15. The first kappa shape index (κ1) is 18.1. The normalized spacial score (nSPS) is 22.1. The zero-order chi connectivity index (χ0) is 18.7. The molecule has 138 valence electrons. The molecule has 1 atom stereocenters. The molecule has 0 aromatic heterocycles. The first-order chi connectivity index (χ1) is 12.4. The maximum atomic E-state index is 13.8. The van der Waals surface area contributed by atoms with Gasteiger partial charge in [0.15, 0.2) is 0 Å². The Balaban J connectivity index is 1.90. The molecule has 2 aliphatic rings. The number of hydrogen-bond acceptors (Lipinski definition) is 5. The molecular formula is C18H18FNO6. The lowest BCUT2D eigenvalue weighted by Gasteiger charge is -2.37. The zero-order valence-electron chi connectivity index (χ0n) is 13.8. The van der Waals surface area contributed by atoms with Crippen molar-refractivity contribution < 1.29 is 33.7 Å². The summed E-state index contributed by atoms with van der Waals surface area (Å²) >= 11 is 0. The topological polar surface area (TPSA) is 105 Å². The molecule has 1 heterocycles. The molecule has 1 aliphatic heterocycles. The minimum Gasteiger partial charge on any atom is -0.490 e. The molecule has 8 heteroatoms. The number of morpholine rings is 1. The number of halogens is 1. The highest BCUT2D eigenvalue weighted by Gasteiger charge is 2.42. The van der Waals surface area contributed by atoms with Crippen molar-refractivity contribution in [3.63, 3.8) is 0 Å². The minimum absolute atomic E-state index is 0.0834. The third-order valence-electron chi connectivity index (χ3n) is 4.39. The number of carboxylic acids is 2. The number of allylic oxidation sites excluding steroid dienone is 1. The molecule has 1 aromatic rings. The molecule has 3 rings (SSSR count). The van der Waals surface area contributed by atoms with Crippen molar-refractivity contribution >= 4 is 18.0 Å². The lowest BCUT2D eigenvalue weighted by atomic mass is 9.92. The Hall–Kier alpha value is -2.71. The average Bonchev–Trinajstić information content (AvgIpc) is 3.10. The van der Waals surface area contributed by atoms with Crippen molar-refractivity contribution in [1.82, 2.24) is 5.32 Å². The van der Waals surface area contributed by atoms with Crippen LogP contribution in [0.5, 0.6) is 5.75 Å².